The molecule has 10 nitrogen and oxygen atoms in total. The van der Waals surface area contributed by atoms with Crippen LogP contribution in [0.5, 0.6) is 0 Å². The number of imidazole rings is 2. The first kappa shape index (κ1) is 21.2. The molecule has 1 amide bonds. The summed E-state index contributed by atoms with van der Waals surface area (Å²) in [6.07, 6.45) is 3.45. The third-order valence-corrected chi connectivity index (χ3v) is 6.26. The molecule has 3 N–H and O–H groups in total. The Bertz CT molecular complexity index is 1230. The van der Waals surface area contributed by atoms with Gasteiger partial charge in [0.1, 0.15) is 11.3 Å². The summed E-state index contributed by atoms with van der Waals surface area (Å²) in [6.45, 7) is 7.44. The van der Waals surface area contributed by atoms with Crippen molar-refractivity contribution in [1.82, 2.24) is 34.8 Å². The van der Waals surface area contributed by atoms with E-state index in [0.29, 0.717) is 30.5 Å². The summed E-state index contributed by atoms with van der Waals surface area (Å²) in [5.74, 6) is 2.27. The molecule has 0 radical (unpaired) electrons. The number of benzene rings is 1. The van der Waals surface area contributed by atoms with Gasteiger partial charge in [0, 0.05) is 26.2 Å². The maximum Gasteiger partial charge on any atom is 0.229 e. The Morgan fingerprint density at radius 3 is 2.88 bits per heavy atom. The lowest BCUT2D eigenvalue weighted by atomic mass is 9.96. The molecule has 172 valence electrons. The fourth-order valence-electron chi connectivity index (χ4n) is 4.50. The van der Waals surface area contributed by atoms with Gasteiger partial charge in [-0.15, -0.1) is 0 Å². The van der Waals surface area contributed by atoms with Gasteiger partial charge in [-0.1, -0.05) is 12.1 Å². The highest BCUT2D eigenvalue weighted by Crippen LogP contribution is 2.26. The molecule has 0 saturated carbocycles. The summed E-state index contributed by atoms with van der Waals surface area (Å²) >= 11 is 0. The third kappa shape index (κ3) is 4.20. The molecule has 1 unspecified atom stereocenters. The lowest BCUT2D eigenvalue weighted by Crippen LogP contribution is -2.45. The average Bonchev–Trinajstić information content (AvgIpc) is 3.50. The number of rotatable bonds is 7. The van der Waals surface area contributed by atoms with Gasteiger partial charge < -0.3 is 25.1 Å². The lowest BCUT2D eigenvalue weighted by molar-refractivity contribution is -0.135. The number of hydrogen-bond donors (Lipinski definition) is 3. The minimum atomic E-state index is -0.0379. The molecular formula is C23H29N9O. The van der Waals surface area contributed by atoms with E-state index in [1.807, 2.05) is 43.0 Å². The predicted molar refractivity (Wildman–Crippen MR) is 128 cm³/mol. The van der Waals surface area contributed by atoms with Crippen LogP contribution in [0.25, 0.3) is 22.2 Å². The van der Waals surface area contributed by atoms with Crippen LogP contribution >= 0.6 is 0 Å². The van der Waals surface area contributed by atoms with Gasteiger partial charge in [-0.3, -0.25) is 4.79 Å². The fraction of sp³-hybridized carbons (Fsp3) is 0.435. The van der Waals surface area contributed by atoms with Crippen molar-refractivity contribution in [3.05, 3.63) is 36.4 Å². The molecule has 0 spiro atoms. The van der Waals surface area contributed by atoms with Crippen molar-refractivity contribution in [2.45, 2.75) is 33.2 Å². The summed E-state index contributed by atoms with van der Waals surface area (Å²) in [7, 11) is 0. The Kier molecular flexibility index (Phi) is 5.80. The number of anilines is 2. The number of fused-ring (bicyclic) bond motifs is 2. The molecule has 0 aliphatic carbocycles. The zero-order valence-corrected chi connectivity index (χ0v) is 19.0. The Morgan fingerprint density at radius 2 is 2.06 bits per heavy atom. The Hall–Kier alpha value is -3.69. The monoisotopic (exact) mass is 447 g/mol. The van der Waals surface area contributed by atoms with Gasteiger partial charge in [0.25, 0.3) is 0 Å². The molecule has 5 rings (SSSR count). The van der Waals surface area contributed by atoms with Crippen LogP contribution in [0.1, 0.15) is 32.5 Å². The second-order valence-corrected chi connectivity index (χ2v) is 8.32. The van der Waals surface area contributed by atoms with Gasteiger partial charge in [0.15, 0.2) is 11.5 Å². The van der Waals surface area contributed by atoms with Crippen LogP contribution < -0.4 is 10.2 Å². The van der Waals surface area contributed by atoms with Crippen LogP contribution in [0.4, 0.5) is 11.8 Å². The van der Waals surface area contributed by atoms with E-state index in [0.717, 1.165) is 54.9 Å². The summed E-state index contributed by atoms with van der Waals surface area (Å²) in [6, 6.07) is 7.95. The maximum absolute atomic E-state index is 12.9. The van der Waals surface area contributed by atoms with Gasteiger partial charge >= 0.3 is 0 Å². The van der Waals surface area contributed by atoms with Crippen molar-refractivity contribution >= 4 is 39.9 Å². The first-order valence-corrected chi connectivity index (χ1v) is 11.6. The number of aromatic amines is 2. The largest absolute Gasteiger partial charge is 0.361 e. The van der Waals surface area contributed by atoms with E-state index in [2.05, 4.69) is 35.1 Å². The number of piperidine rings is 1. The van der Waals surface area contributed by atoms with E-state index in [1.54, 1.807) is 6.33 Å². The number of nitrogens with zero attached hydrogens (tertiary/aromatic N) is 6. The van der Waals surface area contributed by atoms with Gasteiger partial charge in [-0.2, -0.15) is 9.97 Å². The van der Waals surface area contributed by atoms with Gasteiger partial charge in [0.05, 0.1) is 29.8 Å². The summed E-state index contributed by atoms with van der Waals surface area (Å²) in [5, 5.41) is 3.38. The minimum absolute atomic E-state index is 0.0379. The number of carbonyl (C=O) groups excluding carboxylic acids is 1. The SMILES string of the molecule is CCN(CC)C(=O)C1CCCN(c2nc(NCc3nc4ccccc4[nH]3)c3[nH]cnc3n2)C1. The Balaban J connectivity index is 1.37. The third-order valence-electron chi connectivity index (χ3n) is 6.26. The van der Waals surface area contributed by atoms with Crippen molar-refractivity contribution < 1.29 is 4.79 Å². The highest BCUT2D eigenvalue weighted by Gasteiger charge is 2.30. The molecule has 33 heavy (non-hydrogen) atoms. The van der Waals surface area contributed by atoms with Gasteiger partial charge in [0.2, 0.25) is 11.9 Å². The van der Waals surface area contributed by atoms with Crippen LogP contribution in [0.2, 0.25) is 0 Å². The molecule has 0 bridgehead atoms. The highest BCUT2D eigenvalue weighted by atomic mass is 16.2. The second-order valence-electron chi connectivity index (χ2n) is 8.32. The number of H-pyrrole nitrogens is 2. The molecule has 4 aromatic rings. The van der Waals surface area contributed by atoms with E-state index >= 15 is 0 Å². The molecule has 1 atom stereocenters. The standard InChI is InChI=1S/C23H29N9O/c1-3-31(4-2)22(33)15-8-7-11-32(13-15)23-29-20(19-21(30-23)26-14-25-19)24-12-18-27-16-9-5-6-10-17(16)28-18/h5-6,9-10,14-15H,3-4,7-8,11-13H2,1-2H3,(H,27,28)(H2,24,25,26,29,30). The van der Waals surface area contributed by atoms with Gasteiger partial charge in [-0.25, -0.2) is 9.97 Å². The number of carbonyl (C=O) groups is 1. The summed E-state index contributed by atoms with van der Waals surface area (Å²) in [5.41, 5.74) is 3.29. The first-order chi connectivity index (χ1) is 16.2. The highest BCUT2D eigenvalue weighted by molar-refractivity contribution is 5.84. The summed E-state index contributed by atoms with van der Waals surface area (Å²) < 4.78 is 0. The molecule has 1 aliphatic heterocycles. The van der Waals surface area contributed by atoms with E-state index in [4.69, 9.17) is 4.98 Å². The molecule has 1 aliphatic rings. The van der Waals surface area contributed by atoms with Crippen molar-refractivity contribution in [2.75, 3.05) is 36.4 Å². The van der Waals surface area contributed by atoms with Crippen LogP contribution in [0.15, 0.2) is 30.6 Å². The predicted octanol–water partition coefficient (Wildman–Crippen LogP) is 2.93. The van der Waals surface area contributed by atoms with E-state index in [-0.39, 0.29) is 11.8 Å². The smallest absolute Gasteiger partial charge is 0.229 e. The topological polar surface area (TPSA) is 119 Å². The molecule has 4 heterocycles. The number of para-hydroxylation sites is 2. The number of amides is 1. The Morgan fingerprint density at radius 1 is 1.21 bits per heavy atom. The van der Waals surface area contributed by atoms with Crippen LogP contribution in [0, 0.1) is 5.92 Å². The van der Waals surface area contributed by atoms with Crippen LogP contribution in [-0.4, -0.2) is 66.9 Å². The molecular weight excluding hydrogens is 418 g/mol. The first-order valence-electron chi connectivity index (χ1n) is 11.6. The zero-order chi connectivity index (χ0) is 22.8. The minimum Gasteiger partial charge on any atom is -0.361 e. The fourth-order valence-corrected chi connectivity index (χ4v) is 4.50. The second kappa shape index (κ2) is 9.05. The maximum atomic E-state index is 12.9. The molecule has 10 heteroatoms. The van der Waals surface area contributed by atoms with Gasteiger partial charge in [-0.05, 0) is 38.8 Å². The Labute approximate surface area is 191 Å². The summed E-state index contributed by atoms with van der Waals surface area (Å²) in [4.78, 5) is 41.9. The van der Waals surface area contributed by atoms with Crippen molar-refractivity contribution in [2.24, 2.45) is 5.92 Å². The molecule has 1 saturated heterocycles. The number of aromatic nitrogens is 6. The van der Waals surface area contributed by atoms with E-state index in [1.165, 1.54) is 0 Å². The van der Waals surface area contributed by atoms with E-state index < -0.39 is 0 Å². The van der Waals surface area contributed by atoms with Crippen molar-refractivity contribution in [3.8, 4) is 0 Å². The quantitative estimate of drug-likeness (QED) is 0.398. The average molecular weight is 448 g/mol. The lowest BCUT2D eigenvalue weighted by Gasteiger charge is -2.34. The normalized spacial score (nSPS) is 16.4. The number of hydrogen-bond acceptors (Lipinski definition) is 7. The molecule has 3 aromatic heterocycles. The molecule has 1 fully saturated rings. The van der Waals surface area contributed by atoms with Crippen molar-refractivity contribution in [3.63, 3.8) is 0 Å². The zero-order valence-electron chi connectivity index (χ0n) is 19.0. The van der Waals surface area contributed by atoms with Crippen LogP contribution in [-0.2, 0) is 11.3 Å². The van der Waals surface area contributed by atoms with Crippen molar-refractivity contribution in [1.29, 1.82) is 0 Å². The van der Waals surface area contributed by atoms with E-state index in [9.17, 15) is 4.79 Å². The number of nitrogens with one attached hydrogen (secondary N) is 3. The molecule has 1 aromatic carbocycles. The van der Waals surface area contributed by atoms with Crippen LogP contribution in [0.3, 0.4) is 0 Å².